The minimum Gasteiger partial charge on any atom is -0.465 e. The standard InChI is InChI=1S/C21H28N4O6S2/c1-13-7-24(19(32-5)22-17(13)28)9-21(11-30-15(3)26,12-31-16(4)27)10-25-8-14(2)18(29)23-20(25)33-6/h7-8H,9-12H2,1-6H3. The van der Waals surface area contributed by atoms with Crippen LogP contribution in [0.4, 0.5) is 0 Å². The van der Waals surface area contributed by atoms with Gasteiger partial charge >= 0.3 is 11.9 Å². The van der Waals surface area contributed by atoms with Gasteiger partial charge in [0.25, 0.3) is 11.1 Å². The van der Waals surface area contributed by atoms with Gasteiger partial charge in [-0.25, -0.2) is 0 Å². The SMILES string of the molecule is CSc1nc(=O)c(C)cn1CC(COC(C)=O)(COC(C)=O)Cn1cc(C)c(=O)nc1SC. The lowest BCUT2D eigenvalue weighted by Crippen LogP contribution is -2.43. The van der Waals surface area contributed by atoms with Crippen LogP contribution in [0.5, 0.6) is 0 Å². The second-order valence-electron chi connectivity index (χ2n) is 7.75. The molecule has 12 heteroatoms. The number of hydrogen-bond acceptors (Lipinski definition) is 10. The molecule has 0 N–H and O–H groups in total. The highest BCUT2D eigenvalue weighted by Crippen LogP contribution is 2.28. The second-order valence-corrected chi connectivity index (χ2v) is 9.29. The van der Waals surface area contributed by atoms with Crippen LogP contribution >= 0.6 is 23.5 Å². The van der Waals surface area contributed by atoms with Crippen molar-refractivity contribution in [3.05, 3.63) is 44.2 Å². The van der Waals surface area contributed by atoms with E-state index in [1.807, 2.05) is 0 Å². The van der Waals surface area contributed by atoms with Gasteiger partial charge in [0.05, 0.1) is 5.41 Å². The van der Waals surface area contributed by atoms with Crippen molar-refractivity contribution in [3.63, 3.8) is 0 Å². The van der Waals surface area contributed by atoms with Crippen LogP contribution in [0.2, 0.25) is 0 Å². The monoisotopic (exact) mass is 496 g/mol. The third-order valence-corrected chi connectivity index (χ3v) is 6.18. The average Bonchev–Trinajstić information content (AvgIpc) is 2.75. The molecule has 33 heavy (non-hydrogen) atoms. The molecule has 0 radical (unpaired) electrons. The highest BCUT2D eigenvalue weighted by atomic mass is 32.2. The van der Waals surface area contributed by atoms with Gasteiger partial charge in [-0.3, -0.25) is 19.2 Å². The summed E-state index contributed by atoms with van der Waals surface area (Å²) in [7, 11) is 0. The summed E-state index contributed by atoms with van der Waals surface area (Å²) in [5.41, 5.74) is -0.699. The van der Waals surface area contributed by atoms with E-state index in [4.69, 9.17) is 9.47 Å². The van der Waals surface area contributed by atoms with E-state index in [-0.39, 0.29) is 37.4 Å². The summed E-state index contributed by atoms with van der Waals surface area (Å²) in [6.07, 6.45) is 6.96. The number of carbonyl (C=O) groups excluding carboxylic acids is 2. The van der Waals surface area contributed by atoms with Gasteiger partial charge in [-0.2, -0.15) is 9.97 Å². The molecule has 0 aliphatic rings. The molecule has 0 aromatic carbocycles. The summed E-state index contributed by atoms with van der Waals surface area (Å²) in [5, 5.41) is 0.944. The molecule has 2 rings (SSSR count). The Labute approximate surface area is 200 Å². The Balaban J connectivity index is 2.65. The first-order chi connectivity index (χ1) is 15.5. The molecule has 0 atom stereocenters. The van der Waals surface area contributed by atoms with Crippen LogP contribution in [0.3, 0.4) is 0 Å². The first kappa shape index (κ1) is 26.7. The summed E-state index contributed by atoms with van der Waals surface area (Å²) < 4.78 is 14.4. The number of hydrogen-bond donors (Lipinski definition) is 0. The van der Waals surface area contributed by atoms with Crippen LogP contribution in [0, 0.1) is 19.3 Å². The minimum absolute atomic E-state index is 0.0758. The van der Waals surface area contributed by atoms with Gasteiger partial charge < -0.3 is 18.6 Å². The topological polar surface area (TPSA) is 122 Å². The number of nitrogens with zero attached hydrogens (tertiary/aromatic N) is 4. The van der Waals surface area contributed by atoms with Gasteiger partial charge in [-0.1, -0.05) is 23.5 Å². The second kappa shape index (κ2) is 11.5. The Morgan fingerprint density at radius 2 is 1.21 bits per heavy atom. The molecular formula is C21H28N4O6S2. The summed E-state index contributed by atoms with van der Waals surface area (Å²) in [6.45, 7) is 6.21. The van der Waals surface area contributed by atoms with Crippen molar-refractivity contribution in [2.45, 2.75) is 51.1 Å². The van der Waals surface area contributed by atoms with Crippen molar-refractivity contribution in [3.8, 4) is 0 Å². The molecule has 0 unspecified atom stereocenters. The van der Waals surface area contributed by atoms with Gasteiger partial charge in [0.2, 0.25) is 0 Å². The highest BCUT2D eigenvalue weighted by Gasteiger charge is 2.36. The molecule has 0 saturated carbocycles. The zero-order valence-corrected chi connectivity index (χ0v) is 21.2. The molecule has 2 aromatic rings. The van der Waals surface area contributed by atoms with Crippen LogP contribution in [0.15, 0.2) is 32.3 Å². The number of rotatable bonds is 10. The highest BCUT2D eigenvalue weighted by molar-refractivity contribution is 7.98. The maximum absolute atomic E-state index is 12.1. The maximum Gasteiger partial charge on any atom is 0.302 e. The van der Waals surface area contributed by atoms with Crippen LogP contribution in [0.25, 0.3) is 0 Å². The largest absolute Gasteiger partial charge is 0.465 e. The average molecular weight is 497 g/mol. The fourth-order valence-electron chi connectivity index (χ4n) is 3.23. The van der Waals surface area contributed by atoms with E-state index in [0.29, 0.717) is 21.4 Å². The number of esters is 2. The van der Waals surface area contributed by atoms with Crippen LogP contribution in [0.1, 0.15) is 25.0 Å². The van der Waals surface area contributed by atoms with E-state index in [1.54, 1.807) is 47.9 Å². The smallest absolute Gasteiger partial charge is 0.302 e. The predicted octanol–water partition coefficient (Wildman–Crippen LogP) is 1.67. The number of carbonyl (C=O) groups is 2. The van der Waals surface area contributed by atoms with Crippen molar-refractivity contribution >= 4 is 35.5 Å². The lowest BCUT2D eigenvalue weighted by molar-refractivity contribution is -0.153. The number of thioether (sulfide) groups is 2. The molecule has 0 bridgehead atoms. The van der Waals surface area contributed by atoms with Gasteiger partial charge in [0.1, 0.15) is 13.2 Å². The quantitative estimate of drug-likeness (QED) is 0.273. The van der Waals surface area contributed by atoms with Gasteiger partial charge in [0.15, 0.2) is 10.3 Å². The molecule has 0 saturated heterocycles. The zero-order valence-electron chi connectivity index (χ0n) is 19.5. The Morgan fingerprint density at radius 1 is 0.848 bits per heavy atom. The first-order valence-corrected chi connectivity index (χ1v) is 12.5. The molecule has 10 nitrogen and oxygen atoms in total. The summed E-state index contributed by atoms with van der Waals surface area (Å²) >= 11 is 2.60. The minimum atomic E-state index is -0.946. The molecule has 2 aromatic heterocycles. The zero-order chi connectivity index (χ0) is 24.8. The summed E-state index contributed by atoms with van der Waals surface area (Å²) in [6, 6.07) is 0. The Morgan fingerprint density at radius 3 is 1.52 bits per heavy atom. The van der Waals surface area contributed by atoms with Crippen molar-refractivity contribution in [1.29, 1.82) is 0 Å². The van der Waals surface area contributed by atoms with Crippen LogP contribution in [-0.2, 0) is 32.2 Å². The van der Waals surface area contributed by atoms with Crippen molar-refractivity contribution in [2.24, 2.45) is 5.41 Å². The van der Waals surface area contributed by atoms with E-state index in [1.165, 1.54) is 37.4 Å². The molecule has 0 amide bonds. The lowest BCUT2D eigenvalue weighted by Gasteiger charge is -2.35. The Hall–Kier alpha value is -2.60. The fourth-order valence-corrected chi connectivity index (χ4v) is 4.28. The van der Waals surface area contributed by atoms with Crippen LogP contribution in [-0.4, -0.2) is 56.8 Å². The molecule has 0 spiro atoms. The van der Waals surface area contributed by atoms with Gasteiger partial charge in [-0.05, 0) is 26.4 Å². The van der Waals surface area contributed by atoms with Crippen molar-refractivity contribution in [1.82, 2.24) is 19.1 Å². The third-order valence-electron chi connectivity index (χ3n) is 4.80. The lowest BCUT2D eigenvalue weighted by atomic mass is 9.89. The molecule has 2 heterocycles. The third kappa shape index (κ3) is 7.19. The van der Waals surface area contributed by atoms with Crippen LogP contribution < -0.4 is 11.1 Å². The molecular weight excluding hydrogens is 468 g/mol. The predicted molar refractivity (Wildman–Crippen MR) is 126 cm³/mol. The van der Waals surface area contributed by atoms with E-state index in [2.05, 4.69) is 9.97 Å². The molecule has 0 fully saturated rings. The molecule has 0 aliphatic carbocycles. The van der Waals surface area contributed by atoms with E-state index in [0.717, 1.165) is 0 Å². The summed E-state index contributed by atoms with van der Waals surface area (Å²) in [5.74, 6) is -0.971. The van der Waals surface area contributed by atoms with E-state index >= 15 is 0 Å². The van der Waals surface area contributed by atoms with Gasteiger partial charge in [0, 0.05) is 50.5 Å². The first-order valence-electron chi connectivity index (χ1n) is 10.0. The van der Waals surface area contributed by atoms with Crippen molar-refractivity contribution < 1.29 is 19.1 Å². The van der Waals surface area contributed by atoms with E-state index < -0.39 is 17.4 Å². The van der Waals surface area contributed by atoms with Gasteiger partial charge in [-0.15, -0.1) is 0 Å². The Bertz CT molecular complexity index is 1060. The Kier molecular flexibility index (Phi) is 9.29. The molecule has 0 aliphatic heterocycles. The normalized spacial score (nSPS) is 11.3. The molecule has 180 valence electrons. The number of aryl methyl sites for hydroxylation is 2. The number of aromatic nitrogens is 4. The van der Waals surface area contributed by atoms with Crippen molar-refractivity contribution in [2.75, 3.05) is 25.7 Å². The fraction of sp³-hybridized carbons (Fsp3) is 0.524. The summed E-state index contributed by atoms with van der Waals surface area (Å²) in [4.78, 5) is 55.8. The number of ether oxygens (including phenoxy) is 2. The maximum atomic E-state index is 12.1. The van der Waals surface area contributed by atoms with E-state index in [9.17, 15) is 19.2 Å².